The van der Waals surface area contributed by atoms with Gasteiger partial charge in [-0.2, -0.15) is 0 Å². The van der Waals surface area contributed by atoms with E-state index in [2.05, 4.69) is 59.8 Å². The normalized spacial score (nSPS) is 12.0. The van der Waals surface area contributed by atoms with E-state index in [-0.39, 0.29) is 30.3 Å². The summed E-state index contributed by atoms with van der Waals surface area (Å²) in [6.07, 6.45) is 8.99. The summed E-state index contributed by atoms with van der Waals surface area (Å²) in [6.45, 7) is 12.5. The molecule has 306 valence electrons. The van der Waals surface area contributed by atoms with Crippen LogP contribution in [0.2, 0.25) is 0 Å². The van der Waals surface area contributed by atoms with Gasteiger partial charge >= 0.3 is 17.9 Å². The van der Waals surface area contributed by atoms with E-state index in [1.807, 2.05) is 19.9 Å². The van der Waals surface area contributed by atoms with E-state index in [0.717, 1.165) is 83.2 Å². The van der Waals surface area contributed by atoms with Gasteiger partial charge in [-0.1, -0.05) is 27.7 Å². The zero-order chi connectivity index (χ0) is 42.0. The predicted molar refractivity (Wildman–Crippen MR) is 223 cm³/mol. The Morgan fingerprint density at radius 3 is 1.72 bits per heavy atom. The molecule has 6 rings (SSSR count). The summed E-state index contributed by atoms with van der Waals surface area (Å²) in [4.78, 5) is 54.5. The first-order valence-corrected chi connectivity index (χ1v) is 19.7. The summed E-state index contributed by atoms with van der Waals surface area (Å²) in [6, 6.07) is 3.48. The molecule has 0 fully saturated rings. The van der Waals surface area contributed by atoms with Crippen LogP contribution >= 0.6 is 0 Å². The van der Waals surface area contributed by atoms with Crippen LogP contribution in [0.3, 0.4) is 0 Å². The highest BCUT2D eigenvalue weighted by Gasteiger charge is 2.29. The van der Waals surface area contributed by atoms with E-state index in [0.29, 0.717) is 53.8 Å². The molecule has 0 amide bonds. The lowest BCUT2D eigenvalue weighted by Crippen LogP contribution is -2.21. The van der Waals surface area contributed by atoms with Crippen molar-refractivity contribution in [2.24, 2.45) is 0 Å². The summed E-state index contributed by atoms with van der Waals surface area (Å²) in [5, 5.41) is 3.22. The van der Waals surface area contributed by atoms with E-state index in [1.165, 1.54) is 21.3 Å². The third-order valence-electron chi connectivity index (χ3n) is 11.5. The van der Waals surface area contributed by atoms with E-state index in [4.69, 9.17) is 23.7 Å². The summed E-state index contributed by atoms with van der Waals surface area (Å²) in [5.41, 5.74) is 12.5. The van der Waals surface area contributed by atoms with Crippen LogP contribution in [0.1, 0.15) is 111 Å². The third kappa shape index (κ3) is 7.27. The van der Waals surface area contributed by atoms with Crippen molar-refractivity contribution in [1.29, 1.82) is 0 Å². The number of ether oxygens (including phenoxy) is 5. The van der Waals surface area contributed by atoms with Crippen LogP contribution in [-0.4, -0.2) is 73.4 Å². The Balaban J connectivity index is 1.93. The van der Waals surface area contributed by atoms with Crippen molar-refractivity contribution in [2.75, 3.05) is 35.5 Å². The summed E-state index contributed by atoms with van der Waals surface area (Å²) >= 11 is 0. The lowest BCUT2D eigenvalue weighted by atomic mass is 9.90. The number of benzene rings is 1. The first-order chi connectivity index (χ1) is 27.9. The Morgan fingerprint density at radius 2 is 1.14 bits per heavy atom. The minimum atomic E-state index is -0.539. The fourth-order valence-electron chi connectivity index (χ4n) is 8.45. The molecular formula is C46H54N4O8. The second kappa shape index (κ2) is 17.1. The van der Waals surface area contributed by atoms with Gasteiger partial charge in [0.1, 0.15) is 11.5 Å². The molecule has 0 atom stereocenters. The number of H-pyrrole nitrogens is 4. The summed E-state index contributed by atoms with van der Waals surface area (Å²) in [5.74, 6) is -0.400. The molecule has 1 aromatic carbocycles. The van der Waals surface area contributed by atoms with Crippen molar-refractivity contribution < 1.29 is 38.1 Å². The smallest absolute Gasteiger partial charge is 0.338 e. The monoisotopic (exact) mass is 790 g/mol. The Labute approximate surface area is 338 Å². The van der Waals surface area contributed by atoms with Gasteiger partial charge in [0.05, 0.1) is 65.0 Å². The van der Waals surface area contributed by atoms with Gasteiger partial charge in [0.15, 0.2) is 0 Å². The van der Waals surface area contributed by atoms with Gasteiger partial charge in [-0.15, -0.1) is 0 Å². The number of methoxy groups -OCH3 is 5. The Kier molecular flexibility index (Phi) is 12.2. The van der Waals surface area contributed by atoms with Gasteiger partial charge in [0, 0.05) is 50.3 Å². The second-order valence-corrected chi connectivity index (χ2v) is 14.3. The number of rotatable bonds is 12. The number of hydrogen-bond acceptors (Lipinski definition) is 8. The van der Waals surface area contributed by atoms with Crippen LogP contribution < -0.4 is 30.9 Å². The largest absolute Gasteiger partial charge is 0.497 e. The highest BCUT2D eigenvalue weighted by Crippen LogP contribution is 2.39. The number of nitrogens with one attached hydrogen (secondary N) is 4. The molecule has 4 aromatic heterocycles. The van der Waals surface area contributed by atoms with Crippen molar-refractivity contribution in [1.82, 2.24) is 19.9 Å². The Bertz CT molecular complexity index is 2680. The maximum Gasteiger partial charge on any atom is 0.338 e. The first-order valence-electron chi connectivity index (χ1n) is 19.7. The second-order valence-electron chi connectivity index (χ2n) is 14.3. The quantitative estimate of drug-likeness (QED) is 0.106. The predicted octanol–water partition coefficient (Wildman–Crippen LogP) is 4.15. The molecule has 0 aliphatic carbocycles. The van der Waals surface area contributed by atoms with Crippen LogP contribution in [0.25, 0.3) is 23.8 Å². The number of carbonyl (C=O) groups excluding carboxylic acids is 3. The molecule has 1 aliphatic heterocycles. The third-order valence-corrected chi connectivity index (χ3v) is 11.5. The Hall–Kier alpha value is -6.17. The van der Waals surface area contributed by atoms with E-state index >= 15 is 0 Å². The molecule has 5 aromatic rings. The Morgan fingerprint density at radius 1 is 0.552 bits per heavy atom. The number of hydrogen-bond donors (Lipinski definition) is 4. The standard InChI is InChI=1S/C46H54N4O8/c1-12-26-28(14-3)44-43(42-32(46(53)58-11)16-25(54-7)17-39(42)55-8)45-29(15-4)27(13-2)36(50-45)21-34-24(6)31(19-41(52)57-10)38(48-34)22-37-30(18-40(51)56-9)23(5)33(47-37)20-35(26)49-44/h16-17,20-22,47-50H,12-15,18-19H2,1-11H3. The highest BCUT2D eigenvalue weighted by molar-refractivity contribution is 6.00. The number of aromatic amines is 4. The van der Waals surface area contributed by atoms with Crippen LogP contribution in [-0.2, 0) is 62.3 Å². The maximum absolute atomic E-state index is 13.8. The first kappa shape index (κ1) is 41.5. The molecule has 0 saturated carbocycles. The molecule has 4 N–H and O–H groups in total. The molecule has 0 saturated heterocycles. The summed E-state index contributed by atoms with van der Waals surface area (Å²) in [7, 11) is 7.26. The molecule has 12 nitrogen and oxygen atoms in total. The fourth-order valence-corrected chi connectivity index (χ4v) is 8.45. The minimum absolute atomic E-state index is 0.0381. The van der Waals surface area contributed by atoms with Gasteiger partial charge in [-0.25, -0.2) is 4.79 Å². The zero-order valence-electron chi connectivity index (χ0n) is 35.4. The van der Waals surface area contributed by atoms with Gasteiger partial charge in [-0.05, 0) is 108 Å². The molecule has 1 aliphatic rings. The van der Waals surface area contributed by atoms with Crippen molar-refractivity contribution in [3.63, 3.8) is 0 Å². The van der Waals surface area contributed by atoms with Gasteiger partial charge < -0.3 is 43.6 Å². The molecule has 8 bridgehead atoms. The molecule has 5 heterocycles. The maximum atomic E-state index is 13.8. The molecule has 0 radical (unpaired) electrons. The van der Waals surface area contributed by atoms with Crippen molar-refractivity contribution in [2.45, 2.75) is 80.1 Å². The van der Waals surface area contributed by atoms with Gasteiger partial charge in [0.25, 0.3) is 0 Å². The van der Waals surface area contributed by atoms with Crippen molar-refractivity contribution >= 4 is 41.7 Å². The van der Waals surface area contributed by atoms with Crippen molar-refractivity contribution in [3.8, 4) is 11.5 Å². The van der Waals surface area contributed by atoms with Crippen molar-refractivity contribution in [3.05, 3.63) is 112 Å². The summed E-state index contributed by atoms with van der Waals surface area (Å²) < 4.78 is 27.5. The number of aromatic nitrogens is 4. The van der Waals surface area contributed by atoms with Gasteiger partial charge in [0.2, 0.25) is 0 Å². The number of carbonyl (C=O) groups is 3. The van der Waals surface area contributed by atoms with E-state index < -0.39 is 5.97 Å². The zero-order valence-corrected chi connectivity index (χ0v) is 35.4. The van der Waals surface area contributed by atoms with E-state index in [9.17, 15) is 14.4 Å². The SMILES string of the molecule is CCc1c2[nH]c(c1CC)C(c1c(OC)cc(OC)cc1C(=O)OC)=c1[nH]c(c(CC)c1CC)=Cc1[nH]c(c(CC(=O)OC)c1C)C=c1[nH]c(c(C)c1CC(=O)OC)=C2. The van der Waals surface area contributed by atoms with E-state index in [1.54, 1.807) is 26.4 Å². The van der Waals surface area contributed by atoms with Crippen LogP contribution in [0.15, 0.2) is 12.1 Å². The van der Waals surface area contributed by atoms with Crippen LogP contribution in [0.4, 0.5) is 0 Å². The highest BCUT2D eigenvalue weighted by atomic mass is 16.5. The molecule has 0 unspecified atom stereocenters. The minimum Gasteiger partial charge on any atom is -0.497 e. The van der Waals surface area contributed by atoms with Crippen LogP contribution in [0, 0.1) is 13.8 Å². The molecular weight excluding hydrogens is 737 g/mol. The lowest BCUT2D eigenvalue weighted by molar-refractivity contribution is -0.140. The molecule has 0 spiro atoms. The topological polar surface area (TPSA) is 161 Å². The fraction of sp³-hybridized carbons (Fsp3) is 0.370. The molecule has 58 heavy (non-hydrogen) atoms. The lowest BCUT2D eigenvalue weighted by Gasteiger charge is -2.18. The molecule has 12 heteroatoms. The average Bonchev–Trinajstić information content (AvgIpc) is 3.94. The van der Waals surface area contributed by atoms with Gasteiger partial charge in [-0.3, -0.25) is 9.59 Å². The average molecular weight is 791 g/mol. The van der Waals surface area contributed by atoms with Crippen LogP contribution in [0.5, 0.6) is 11.5 Å². The number of fused-ring (bicyclic) bond motifs is 8. The number of esters is 3.